The summed E-state index contributed by atoms with van der Waals surface area (Å²) in [5, 5.41) is 14.8. The van der Waals surface area contributed by atoms with Crippen LogP contribution >= 0.6 is 0 Å². The SMILES string of the molecule is O=C(CC12CC3CC(CC(O)(C3)C1)C2)OCc1cc(-c2ccccc2)on1. The molecule has 142 valence electrons. The first-order valence-electron chi connectivity index (χ1n) is 9.90. The standard InChI is InChI=1S/C22H25NO4/c24-20(12-21-8-15-6-16(9-21)11-22(25,10-15)14-21)26-13-18-7-19(27-23-18)17-4-2-1-3-5-17/h1-5,7,15-16,25H,6,8-14H2. The molecule has 2 atom stereocenters. The van der Waals surface area contributed by atoms with Crippen molar-refractivity contribution in [2.45, 2.75) is 57.2 Å². The maximum absolute atomic E-state index is 12.5. The van der Waals surface area contributed by atoms with Gasteiger partial charge in [-0.25, -0.2) is 0 Å². The molecule has 2 aromatic rings. The third-order valence-corrected chi connectivity index (χ3v) is 6.67. The van der Waals surface area contributed by atoms with Gasteiger partial charge in [-0.2, -0.15) is 0 Å². The number of benzene rings is 1. The molecule has 4 saturated carbocycles. The zero-order valence-corrected chi connectivity index (χ0v) is 15.4. The summed E-state index contributed by atoms with van der Waals surface area (Å²) in [6, 6.07) is 11.6. The Morgan fingerprint density at radius 2 is 1.93 bits per heavy atom. The minimum Gasteiger partial charge on any atom is -0.459 e. The number of carbonyl (C=O) groups excluding carboxylic acids is 1. The van der Waals surface area contributed by atoms with E-state index in [0.717, 1.165) is 37.7 Å². The fraction of sp³-hybridized carbons (Fsp3) is 0.545. The summed E-state index contributed by atoms with van der Waals surface area (Å²) in [4.78, 5) is 12.5. The molecule has 1 N–H and O–H groups in total. The number of hydrogen-bond acceptors (Lipinski definition) is 5. The van der Waals surface area contributed by atoms with E-state index in [0.29, 0.717) is 29.7 Å². The molecular weight excluding hydrogens is 342 g/mol. The van der Waals surface area contributed by atoms with Crippen molar-refractivity contribution >= 4 is 5.97 Å². The van der Waals surface area contributed by atoms with Crippen LogP contribution in [0.25, 0.3) is 11.3 Å². The average Bonchev–Trinajstić information content (AvgIpc) is 3.07. The molecule has 5 nitrogen and oxygen atoms in total. The Balaban J connectivity index is 1.20. The average molecular weight is 367 g/mol. The highest BCUT2D eigenvalue weighted by Gasteiger charge is 2.57. The molecular formula is C22H25NO4. The number of hydrogen-bond donors (Lipinski definition) is 1. The van der Waals surface area contributed by atoms with Crippen molar-refractivity contribution in [2.75, 3.05) is 0 Å². The lowest BCUT2D eigenvalue weighted by Crippen LogP contribution is -2.56. The van der Waals surface area contributed by atoms with Crippen molar-refractivity contribution in [2.24, 2.45) is 17.3 Å². The molecule has 4 aliphatic carbocycles. The largest absolute Gasteiger partial charge is 0.459 e. The molecule has 0 saturated heterocycles. The smallest absolute Gasteiger partial charge is 0.306 e. The van der Waals surface area contributed by atoms with E-state index < -0.39 is 5.60 Å². The van der Waals surface area contributed by atoms with Crippen LogP contribution in [-0.2, 0) is 16.1 Å². The summed E-state index contributed by atoms with van der Waals surface area (Å²) in [7, 11) is 0. The topological polar surface area (TPSA) is 72.6 Å². The molecule has 0 aliphatic heterocycles. The molecule has 2 unspecified atom stereocenters. The summed E-state index contributed by atoms with van der Waals surface area (Å²) < 4.78 is 10.9. The number of carbonyl (C=O) groups is 1. The van der Waals surface area contributed by atoms with Crippen LogP contribution in [0.1, 0.15) is 50.6 Å². The lowest BCUT2D eigenvalue weighted by atomic mass is 9.47. The van der Waals surface area contributed by atoms with E-state index >= 15 is 0 Å². The Morgan fingerprint density at radius 1 is 1.19 bits per heavy atom. The van der Waals surface area contributed by atoms with Crippen LogP contribution in [0.4, 0.5) is 0 Å². The fourth-order valence-electron chi connectivity index (χ4n) is 6.24. The highest BCUT2D eigenvalue weighted by atomic mass is 16.5. The van der Waals surface area contributed by atoms with Gasteiger partial charge in [-0.15, -0.1) is 0 Å². The summed E-state index contributed by atoms with van der Waals surface area (Å²) >= 11 is 0. The van der Waals surface area contributed by atoms with Crippen LogP contribution in [0.15, 0.2) is 40.9 Å². The van der Waals surface area contributed by atoms with E-state index in [2.05, 4.69) is 5.16 Å². The maximum atomic E-state index is 12.5. The van der Waals surface area contributed by atoms with Crippen molar-refractivity contribution in [1.82, 2.24) is 5.16 Å². The fourth-order valence-corrected chi connectivity index (χ4v) is 6.24. The number of aromatic nitrogens is 1. The Bertz CT molecular complexity index is 829. The highest BCUT2D eigenvalue weighted by Crippen LogP contribution is 2.62. The van der Waals surface area contributed by atoms with E-state index in [4.69, 9.17) is 9.26 Å². The normalized spacial score (nSPS) is 34.0. The monoisotopic (exact) mass is 367 g/mol. The first-order chi connectivity index (χ1) is 13.0. The summed E-state index contributed by atoms with van der Waals surface area (Å²) in [5.41, 5.74) is 0.964. The molecule has 4 fully saturated rings. The van der Waals surface area contributed by atoms with Gasteiger partial charge in [0, 0.05) is 11.6 Å². The molecule has 6 rings (SSSR count). The van der Waals surface area contributed by atoms with Crippen molar-refractivity contribution in [3.05, 3.63) is 42.1 Å². The summed E-state index contributed by atoms with van der Waals surface area (Å²) in [5.74, 6) is 1.64. The molecule has 1 aromatic heterocycles. The Morgan fingerprint density at radius 3 is 2.63 bits per heavy atom. The van der Waals surface area contributed by atoms with Crippen LogP contribution in [0.3, 0.4) is 0 Å². The number of nitrogens with zero attached hydrogens (tertiary/aromatic N) is 1. The second kappa shape index (κ2) is 6.20. The van der Waals surface area contributed by atoms with Gasteiger partial charge >= 0.3 is 5.97 Å². The van der Waals surface area contributed by atoms with Gasteiger partial charge in [0.25, 0.3) is 0 Å². The Kier molecular flexibility index (Phi) is 3.90. The highest BCUT2D eigenvalue weighted by molar-refractivity contribution is 5.70. The number of ether oxygens (including phenoxy) is 1. The van der Waals surface area contributed by atoms with Crippen LogP contribution in [-0.4, -0.2) is 21.8 Å². The van der Waals surface area contributed by atoms with Gasteiger partial charge in [0.05, 0.1) is 12.0 Å². The summed E-state index contributed by atoms with van der Waals surface area (Å²) in [6.45, 7) is 0.127. The van der Waals surface area contributed by atoms with Gasteiger partial charge in [0.2, 0.25) is 0 Å². The van der Waals surface area contributed by atoms with Gasteiger partial charge < -0.3 is 14.4 Å². The Labute approximate surface area is 158 Å². The van der Waals surface area contributed by atoms with Crippen molar-refractivity contribution in [3.8, 4) is 11.3 Å². The molecule has 0 radical (unpaired) electrons. The second-order valence-electron chi connectivity index (χ2n) is 9.07. The van der Waals surface area contributed by atoms with E-state index in [1.807, 2.05) is 36.4 Å². The molecule has 0 spiro atoms. The second-order valence-corrected chi connectivity index (χ2v) is 9.07. The zero-order chi connectivity index (χ0) is 18.5. The summed E-state index contributed by atoms with van der Waals surface area (Å²) in [6.07, 6.45) is 6.34. The predicted molar refractivity (Wildman–Crippen MR) is 98.4 cm³/mol. The van der Waals surface area contributed by atoms with Gasteiger partial charge in [-0.05, 0) is 55.8 Å². The van der Waals surface area contributed by atoms with Crippen molar-refractivity contribution in [3.63, 3.8) is 0 Å². The lowest BCUT2D eigenvalue weighted by molar-refractivity contribution is -0.177. The molecule has 1 aromatic carbocycles. The third kappa shape index (κ3) is 3.29. The van der Waals surface area contributed by atoms with Crippen LogP contribution < -0.4 is 0 Å². The van der Waals surface area contributed by atoms with E-state index in [1.165, 1.54) is 6.42 Å². The first-order valence-corrected chi connectivity index (χ1v) is 9.90. The lowest BCUT2D eigenvalue weighted by Gasteiger charge is -2.60. The van der Waals surface area contributed by atoms with Crippen LogP contribution in [0, 0.1) is 17.3 Å². The Hall–Kier alpha value is -2.14. The van der Waals surface area contributed by atoms with Crippen molar-refractivity contribution in [1.29, 1.82) is 0 Å². The van der Waals surface area contributed by atoms with Gasteiger partial charge in [-0.1, -0.05) is 35.5 Å². The van der Waals surface area contributed by atoms with Gasteiger partial charge in [-0.3, -0.25) is 4.79 Å². The number of aliphatic hydroxyl groups is 1. The zero-order valence-electron chi connectivity index (χ0n) is 15.4. The van der Waals surface area contributed by atoms with Gasteiger partial charge in [0.1, 0.15) is 12.3 Å². The minimum atomic E-state index is -0.541. The molecule has 1 heterocycles. The van der Waals surface area contributed by atoms with Crippen LogP contribution in [0.5, 0.6) is 0 Å². The molecule has 4 bridgehead atoms. The molecule has 5 heteroatoms. The van der Waals surface area contributed by atoms with Crippen LogP contribution in [0.2, 0.25) is 0 Å². The third-order valence-electron chi connectivity index (χ3n) is 6.67. The minimum absolute atomic E-state index is 0.0606. The predicted octanol–water partition coefficient (Wildman–Crippen LogP) is 4.11. The molecule has 27 heavy (non-hydrogen) atoms. The quantitative estimate of drug-likeness (QED) is 0.805. The first kappa shape index (κ1) is 17.0. The van der Waals surface area contributed by atoms with E-state index in [9.17, 15) is 9.90 Å². The van der Waals surface area contributed by atoms with E-state index in [-0.39, 0.29) is 18.0 Å². The maximum Gasteiger partial charge on any atom is 0.306 e. The molecule has 0 amide bonds. The van der Waals surface area contributed by atoms with E-state index in [1.54, 1.807) is 0 Å². The van der Waals surface area contributed by atoms with Gasteiger partial charge in [0.15, 0.2) is 5.76 Å². The molecule has 4 aliphatic rings. The number of esters is 1. The van der Waals surface area contributed by atoms with Crippen molar-refractivity contribution < 1.29 is 19.2 Å². The number of rotatable bonds is 5.